The molecule has 0 spiro atoms. The number of nitrogens with zero attached hydrogens (tertiary/aromatic N) is 1. The molecule has 1 fully saturated rings. The summed E-state index contributed by atoms with van der Waals surface area (Å²) in [6.45, 7) is 5.51. The van der Waals surface area contributed by atoms with Crippen molar-refractivity contribution in [3.63, 3.8) is 0 Å². The lowest BCUT2D eigenvalue weighted by Gasteiger charge is -2.23. The molecule has 5 heteroatoms. The van der Waals surface area contributed by atoms with Gasteiger partial charge in [0.25, 0.3) is 0 Å². The molecular weight excluding hydrogens is 252 g/mol. The maximum Gasteiger partial charge on any atom is 0.408 e. The first-order valence-corrected chi connectivity index (χ1v) is 6.32. The zero-order valence-corrected chi connectivity index (χ0v) is 11.5. The Morgan fingerprint density at radius 1 is 1.50 bits per heavy atom. The van der Waals surface area contributed by atoms with Gasteiger partial charge in [0.05, 0.1) is 5.54 Å². The second-order valence-electron chi connectivity index (χ2n) is 5.55. The molecule has 2 rings (SSSR count). The minimum Gasteiger partial charge on any atom is -0.444 e. The van der Waals surface area contributed by atoms with E-state index in [1.54, 1.807) is 6.20 Å². The van der Waals surface area contributed by atoms with Crippen LogP contribution in [0, 0.1) is 0 Å². The highest BCUT2D eigenvalue weighted by Crippen LogP contribution is 2.47. The van der Waals surface area contributed by atoms with Crippen LogP contribution in [0.4, 0.5) is 4.79 Å². The van der Waals surface area contributed by atoms with Crippen LogP contribution in [0.3, 0.4) is 0 Å². The summed E-state index contributed by atoms with van der Waals surface area (Å²) in [5.41, 5.74) is -0.0374. The number of carbonyl (C=O) groups excluding carboxylic acids is 1. The number of hydrogen-bond donors (Lipinski definition) is 1. The first-order valence-electron chi connectivity index (χ1n) is 5.95. The van der Waals surface area contributed by atoms with E-state index in [1.807, 2.05) is 32.9 Å². The Kier molecular flexibility index (Phi) is 3.23. The molecule has 0 radical (unpaired) electrons. The van der Waals surface area contributed by atoms with E-state index in [9.17, 15) is 4.79 Å². The Labute approximate surface area is 112 Å². The molecule has 0 atom stereocenters. The predicted octanol–water partition coefficient (Wildman–Crippen LogP) is 3.25. The Bertz CT molecular complexity index is 464. The third kappa shape index (κ3) is 2.93. The number of hydrogen-bond acceptors (Lipinski definition) is 3. The monoisotopic (exact) mass is 268 g/mol. The normalized spacial score (nSPS) is 17.1. The summed E-state index contributed by atoms with van der Waals surface area (Å²) >= 11 is 6.06. The molecule has 0 saturated heterocycles. The summed E-state index contributed by atoms with van der Waals surface area (Å²) in [6.07, 6.45) is 2.94. The van der Waals surface area contributed by atoms with E-state index in [4.69, 9.17) is 16.3 Å². The third-order valence-corrected chi connectivity index (χ3v) is 3.07. The van der Waals surface area contributed by atoms with Gasteiger partial charge in [-0.05, 0) is 39.7 Å². The molecule has 1 heterocycles. The molecule has 0 aliphatic heterocycles. The maximum absolute atomic E-state index is 11.8. The number of nitrogens with one attached hydrogen (secondary N) is 1. The Hall–Kier alpha value is -1.29. The number of pyridine rings is 1. The highest BCUT2D eigenvalue weighted by Gasteiger charge is 2.48. The molecule has 1 aromatic heterocycles. The van der Waals surface area contributed by atoms with Crippen LogP contribution in [-0.4, -0.2) is 16.7 Å². The number of ether oxygens (including phenoxy) is 1. The van der Waals surface area contributed by atoms with Crippen LogP contribution >= 0.6 is 11.6 Å². The molecule has 1 N–H and O–H groups in total. The van der Waals surface area contributed by atoms with Crippen molar-refractivity contribution in [2.24, 2.45) is 0 Å². The van der Waals surface area contributed by atoms with Crippen LogP contribution in [0.25, 0.3) is 0 Å². The standard InChI is InChI=1S/C13H17ClN2O2/c1-12(2,3)18-11(17)16-13(6-7-13)9-5-4-8-15-10(9)14/h4-5,8H,6-7H2,1-3H3,(H,16,17). The molecule has 1 amide bonds. The second-order valence-corrected chi connectivity index (χ2v) is 5.91. The molecule has 1 aliphatic rings. The molecule has 0 unspecified atom stereocenters. The quantitative estimate of drug-likeness (QED) is 0.838. The fourth-order valence-electron chi connectivity index (χ4n) is 1.83. The summed E-state index contributed by atoms with van der Waals surface area (Å²) in [7, 11) is 0. The predicted molar refractivity (Wildman–Crippen MR) is 69.5 cm³/mol. The Morgan fingerprint density at radius 3 is 2.67 bits per heavy atom. The summed E-state index contributed by atoms with van der Waals surface area (Å²) in [4.78, 5) is 15.8. The minimum absolute atomic E-state index is 0.395. The molecular formula is C13H17ClN2O2. The Balaban J connectivity index is 2.10. The molecule has 1 aliphatic carbocycles. The number of carbonyl (C=O) groups is 1. The van der Waals surface area contributed by atoms with Crippen LogP contribution in [-0.2, 0) is 10.3 Å². The topological polar surface area (TPSA) is 51.2 Å². The molecule has 18 heavy (non-hydrogen) atoms. The summed E-state index contributed by atoms with van der Waals surface area (Å²) < 4.78 is 5.26. The van der Waals surface area contributed by atoms with Gasteiger partial charge in [0.2, 0.25) is 0 Å². The van der Waals surface area contributed by atoms with Gasteiger partial charge in [-0.2, -0.15) is 0 Å². The molecule has 1 aromatic rings. The fourth-order valence-corrected chi connectivity index (χ4v) is 2.13. The smallest absolute Gasteiger partial charge is 0.408 e. The number of halogens is 1. The molecule has 0 aromatic carbocycles. The third-order valence-electron chi connectivity index (χ3n) is 2.76. The first-order chi connectivity index (χ1) is 8.32. The molecule has 1 saturated carbocycles. The average molecular weight is 269 g/mol. The van der Waals surface area contributed by atoms with Crippen LogP contribution < -0.4 is 5.32 Å². The summed E-state index contributed by atoms with van der Waals surface area (Å²) in [6, 6.07) is 3.71. The van der Waals surface area contributed by atoms with E-state index in [0.717, 1.165) is 18.4 Å². The lowest BCUT2D eigenvalue weighted by Crippen LogP contribution is -2.39. The van der Waals surface area contributed by atoms with Crippen LogP contribution in [0.5, 0.6) is 0 Å². The van der Waals surface area contributed by atoms with E-state index >= 15 is 0 Å². The van der Waals surface area contributed by atoms with Crippen LogP contribution in [0.2, 0.25) is 5.15 Å². The van der Waals surface area contributed by atoms with Gasteiger partial charge < -0.3 is 10.1 Å². The highest BCUT2D eigenvalue weighted by atomic mass is 35.5. The number of alkyl carbamates (subject to hydrolysis) is 1. The van der Waals surface area contributed by atoms with Crippen molar-refractivity contribution in [2.45, 2.75) is 44.8 Å². The number of rotatable bonds is 2. The van der Waals surface area contributed by atoms with Crippen molar-refractivity contribution in [1.29, 1.82) is 0 Å². The van der Waals surface area contributed by atoms with E-state index in [1.165, 1.54) is 0 Å². The number of amides is 1. The van der Waals surface area contributed by atoms with Gasteiger partial charge in [-0.15, -0.1) is 0 Å². The lowest BCUT2D eigenvalue weighted by atomic mass is 10.1. The van der Waals surface area contributed by atoms with Crippen molar-refractivity contribution in [1.82, 2.24) is 10.3 Å². The minimum atomic E-state index is -0.501. The van der Waals surface area contributed by atoms with Gasteiger partial charge in [0.1, 0.15) is 10.8 Å². The summed E-state index contributed by atoms with van der Waals surface area (Å²) in [5, 5.41) is 3.33. The van der Waals surface area contributed by atoms with Gasteiger partial charge in [-0.1, -0.05) is 17.7 Å². The van der Waals surface area contributed by atoms with E-state index in [-0.39, 0.29) is 0 Å². The van der Waals surface area contributed by atoms with Crippen LogP contribution in [0.1, 0.15) is 39.2 Å². The fraction of sp³-hybridized carbons (Fsp3) is 0.538. The van der Waals surface area contributed by atoms with Gasteiger partial charge >= 0.3 is 6.09 Å². The van der Waals surface area contributed by atoms with Crippen molar-refractivity contribution < 1.29 is 9.53 Å². The average Bonchev–Trinajstić information content (AvgIpc) is 2.96. The highest BCUT2D eigenvalue weighted by molar-refractivity contribution is 6.30. The summed E-state index contributed by atoms with van der Waals surface area (Å²) in [5.74, 6) is 0. The van der Waals surface area contributed by atoms with E-state index < -0.39 is 17.2 Å². The maximum atomic E-state index is 11.8. The largest absolute Gasteiger partial charge is 0.444 e. The van der Waals surface area contributed by atoms with Gasteiger partial charge in [0.15, 0.2) is 0 Å². The van der Waals surface area contributed by atoms with Gasteiger partial charge in [-0.25, -0.2) is 9.78 Å². The first kappa shape index (κ1) is 13.1. The van der Waals surface area contributed by atoms with Crippen molar-refractivity contribution >= 4 is 17.7 Å². The zero-order valence-electron chi connectivity index (χ0n) is 10.8. The number of aromatic nitrogens is 1. The molecule has 4 nitrogen and oxygen atoms in total. The van der Waals surface area contributed by atoms with Crippen LogP contribution in [0.15, 0.2) is 18.3 Å². The van der Waals surface area contributed by atoms with E-state index in [0.29, 0.717) is 5.15 Å². The van der Waals surface area contributed by atoms with Gasteiger partial charge in [-0.3, -0.25) is 0 Å². The van der Waals surface area contributed by atoms with Crippen molar-refractivity contribution in [2.75, 3.05) is 0 Å². The molecule has 0 bridgehead atoms. The van der Waals surface area contributed by atoms with Gasteiger partial charge in [0, 0.05) is 11.8 Å². The Morgan fingerprint density at radius 2 is 2.17 bits per heavy atom. The molecule has 98 valence electrons. The van der Waals surface area contributed by atoms with Crippen molar-refractivity contribution in [3.8, 4) is 0 Å². The van der Waals surface area contributed by atoms with Crippen molar-refractivity contribution in [3.05, 3.63) is 29.0 Å². The SMILES string of the molecule is CC(C)(C)OC(=O)NC1(c2cccnc2Cl)CC1. The lowest BCUT2D eigenvalue weighted by molar-refractivity contribution is 0.0495. The van der Waals surface area contributed by atoms with E-state index in [2.05, 4.69) is 10.3 Å². The zero-order chi connectivity index (χ0) is 13.4. The second kappa shape index (κ2) is 4.43.